The molecule has 2 aromatic rings. The van der Waals surface area contributed by atoms with Crippen molar-refractivity contribution in [2.75, 3.05) is 5.32 Å². The van der Waals surface area contributed by atoms with Crippen molar-refractivity contribution in [2.45, 2.75) is 31.7 Å². The first kappa shape index (κ1) is 11.5. The van der Waals surface area contributed by atoms with Crippen LogP contribution in [-0.4, -0.2) is 11.0 Å². The molecule has 2 saturated carbocycles. The van der Waals surface area contributed by atoms with Crippen molar-refractivity contribution >= 4 is 28.2 Å². The topological polar surface area (TPSA) is 24.9 Å². The second-order valence-corrected chi connectivity index (χ2v) is 6.33. The Kier molecular flexibility index (Phi) is 2.66. The molecule has 1 aromatic heterocycles. The fraction of sp³-hybridized carbons (Fsp3) is 0.438. The summed E-state index contributed by atoms with van der Waals surface area (Å²) in [5, 5.41) is 5.54. The van der Waals surface area contributed by atoms with Gasteiger partial charge in [-0.15, -0.1) is 0 Å². The van der Waals surface area contributed by atoms with Gasteiger partial charge in [0.1, 0.15) is 0 Å². The fourth-order valence-corrected chi connectivity index (χ4v) is 4.09. The molecule has 2 fully saturated rings. The SMILES string of the molecule is Clc1ccc(NC2CC3CCC2C3)c2ncccc12. The molecule has 2 aliphatic carbocycles. The molecule has 2 aliphatic rings. The maximum atomic E-state index is 6.24. The molecule has 1 heterocycles. The fourth-order valence-electron chi connectivity index (χ4n) is 3.88. The average molecular weight is 273 g/mol. The van der Waals surface area contributed by atoms with Crippen molar-refractivity contribution in [3.05, 3.63) is 35.5 Å². The molecule has 0 spiro atoms. The Morgan fingerprint density at radius 3 is 2.89 bits per heavy atom. The van der Waals surface area contributed by atoms with Crippen LogP contribution < -0.4 is 5.32 Å². The van der Waals surface area contributed by atoms with Crippen LogP contribution in [0.4, 0.5) is 5.69 Å². The van der Waals surface area contributed by atoms with Gasteiger partial charge >= 0.3 is 0 Å². The van der Waals surface area contributed by atoms with Gasteiger partial charge in [-0.3, -0.25) is 4.98 Å². The molecule has 0 aliphatic heterocycles. The summed E-state index contributed by atoms with van der Waals surface area (Å²) in [5.41, 5.74) is 2.13. The minimum absolute atomic E-state index is 0.630. The van der Waals surface area contributed by atoms with E-state index in [1.165, 1.54) is 25.7 Å². The lowest BCUT2D eigenvalue weighted by atomic mass is 9.95. The molecule has 1 N–H and O–H groups in total. The molecule has 2 nitrogen and oxygen atoms in total. The third kappa shape index (κ3) is 1.90. The molecule has 3 atom stereocenters. The van der Waals surface area contributed by atoms with E-state index in [1.54, 1.807) is 0 Å². The molecule has 2 bridgehead atoms. The van der Waals surface area contributed by atoms with Gasteiger partial charge in [-0.1, -0.05) is 18.0 Å². The van der Waals surface area contributed by atoms with E-state index in [1.807, 2.05) is 24.4 Å². The third-order valence-corrected chi connectivity index (χ3v) is 5.13. The first-order valence-electron chi connectivity index (χ1n) is 7.11. The third-order valence-electron chi connectivity index (χ3n) is 4.80. The molecule has 1 aromatic carbocycles. The van der Waals surface area contributed by atoms with Crippen molar-refractivity contribution in [1.29, 1.82) is 0 Å². The summed E-state index contributed by atoms with van der Waals surface area (Å²) < 4.78 is 0. The molecule has 0 amide bonds. The lowest BCUT2D eigenvalue weighted by Gasteiger charge is -2.24. The van der Waals surface area contributed by atoms with E-state index >= 15 is 0 Å². The Bertz CT molecular complexity index is 625. The largest absolute Gasteiger partial charge is 0.380 e. The summed E-state index contributed by atoms with van der Waals surface area (Å²) >= 11 is 6.24. The average Bonchev–Trinajstić information content (AvgIpc) is 3.05. The van der Waals surface area contributed by atoms with Crippen molar-refractivity contribution < 1.29 is 0 Å². The van der Waals surface area contributed by atoms with E-state index in [0.717, 1.165) is 33.4 Å². The Morgan fingerprint density at radius 1 is 1.16 bits per heavy atom. The van der Waals surface area contributed by atoms with Crippen LogP contribution >= 0.6 is 11.6 Å². The lowest BCUT2D eigenvalue weighted by Crippen LogP contribution is -2.25. The summed E-state index contributed by atoms with van der Waals surface area (Å²) in [6, 6.07) is 8.65. The predicted molar refractivity (Wildman–Crippen MR) is 79.6 cm³/mol. The molecule has 3 unspecified atom stereocenters. The normalized spacial score (nSPS) is 29.0. The van der Waals surface area contributed by atoms with E-state index in [2.05, 4.69) is 16.4 Å². The number of rotatable bonds is 2. The zero-order valence-corrected chi connectivity index (χ0v) is 11.5. The number of halogens is 1. The van der Waals surface area contributed by atoms with Gasteiger partial charge in [0.05, 0.1) is 16.2 Å². The van der Waals surface area contributed by atoms with Gasteiger partial charge in [-0.2, -0.15) is 0 Å². The number of hydrogen-bond donors (Lipinski definition) is 1. The standard InChI is InChI=1S/C16H17ClN2/c17-13-5-6-14(16-12(13)2-1-7-18-16)19-15-9-10-3-4-11(15)8-10/h1-2,5-7,10-11,15,19H,3-4,8-9H2. The number of nitrogens with one attached hydrogen (secondary N) is 1. The van der Waals surface area contributed by atoms with Crippen LogP contribution in [0.25, 0.3) is 10.9 Å². The van der Waals surface area contributed by atoms with E-state index in [-0.39, 0.29) is 0 Å². The second-order valence-electron chi connectivity index (χ2n) is 5.92. The number of benzene rings is 1. The van der Waals surface area contributed by atoms with Crippen LogP contribution in [0.3, 0.4) is 0 Å². The van der Waals surface area contributed by atoms with E-state index < -0.39 is 0 Å². The summed E-state index contributed by atoms with van der Waals surface area (Å²) in [5.74, 6) is 1.81. The maximum absolute atomic E-state index is 6.24. The van der Waals surface area contributed by atoms with Crippen molar-refractivity contribution in [3.8, 4) is 0 Å². The summed E-state index contributed by atoms with van der Waals surface area (Å²) in [6.45, 7) is 0. The highest BCUT2D eigenvalue weighted by Crippen LogP contribution is 2.46. The van der Waals surface area contributed by atoms with Gasteiger partial charge in [-0.25, -0.2) is 0 Å². The minimum atomic E-state index is 0.630. The van der Waals surface area contributed by atoms with Crippen molar-refractivity contribution in [2.24, 2.45) is 11.8 Å². The Hall–Kier alpha value is -1.28. The predicted octanol–water partition coefficient (Wildman–Crippen LogP) is 4.49. The van der Waals surface area contributed by atoms with Gasteiger partial charge in [0.2, 0.25) is 0 Å². The first-order valence-corrected chi connectivity index (χ1v) is 7.49. The zero-order valence-electron chi connectivity index (χ0n) is 10.8. The van der Waals surface area contributed by atoms with Crippen LogP contribution in [0, 0.1) is 11.8 Å². The minimum Gasteiger partial charge on any atom is -0.380 e. The highest BCUT2D eigenvalue weighted by molar-refractivity contribution is 6.35. The highest BCUT2D eigenvalue weighted by Gasteiger charge is 2.39. The number of anilines is 1. The number of fused-ring (bicyclic) bond motifs is 3. The first-order chi connectivity index (χ1) is 9.31. The summed E-state index contributed by atoms with van der Waals surface area (Å²) in [6.07, 6.45) is 7.40. The number of aromatic nitrogens is 1. The van der Waals surface area contributed by atoms with Crippen LogP contribution in [-0.2, 0) is 0 Å². The zero-order chi connectivity index (χ0) is 12.8. The molecule has 98 valence electrons. The second kappa shape index (κ2) is 4.38. The van der Waals surface area contributed by atoms with E-state index in [9.17, 15) is 0 Å². The van der Waals surface area contributed by atoms with Crippen molar-refractivity contribution in [3.63, 3.8) is 0 Å². The molecular weight excluding hydrogens is 256 g/mol. The lowest BCUT2D eigenvalue weighted by molar-refractivity contribution is 0.440. The van der Waals surface area contributed by atoms with Crippen molar-refractivity contribution in [1.82, 2.24) is 4.98 Å². The Morgan fingerprint density at radius 2 is 2.11 bits per heavy atom. The number of hydrogen-bond acceptors (Lipinski definition) is 2. The van der Waals surface area contributed by atoms with E-state index in [0.29, 0.717) is 6.04 Å². The van der Waals surface area contributed by atoms with Crippen LogP contribution in [0.1, 0.15) is 25.7 Å². The molecule has 0 saturated heterocycles. The maximum Gasteiger partial charge on any atom is 0.0948 e. The highest BCUT2D eigenvalue weighted by atomic mass is 35.5. The van der Waals surface area contributed by atoms with E-state index in [4.69, 9.17) is 11.6 Å². The van der Waals surface area contributed by atoms with Crippen LogP contribution in [0.5, 0.6) is 0 Å². The van der Waals surface area contributed by atoms with Gasteiger partial charge < -0.3 is 5.32 Å². The van der Waals surface area contributed by atoms with Crippen LogP contribution in [0.15, 0.2) is 30.5 Å². The van der Waals surface area contributed by atoms with Crippen LogP contribution in [0.2, 0.25) is 5.02 Å². The van der Waals surface area contributed by atoms with Gasteiger partial charge in [0.25, 0.3) is 0 Å². The molecule has 4 rings (SSSR count). The summed E-state index contributed by atoms with van der Waals surface area (Å²) in [4.78, 5) is 4.50. The molecule has 3 heteroatoms. The molecule has 19 heavy (non-hydrogen) atoms. The molecule has 0 radical (unpaired) electrons. The monoisotopic (exact) mass is 272 g/mol. The van der Waals surface area contributed by atoms with Gasteiger partial charge in [-0.05, 0) is 55.4 Å². The number of nitrogens with zero attached hydrogens (tertiary/aromatic N) is 1. The smallest absolute Gasteiger partial charge is 0.0948 e. The molecular formula is C16H17ClN2. The van der Waals surface area contributed by atoms with Gasteiger partial charge in [0, 0.05) is 17.6 Å². The quantitative estimate of drug-likeness (QED) is 0.871. The summed E-state index contributed by atoms with van der Waals surface area (Å²) in [7, 11) is 0. The number of pyridine rings is 1. The Labute approximate surface area is 118 Å². The van der Waals surface area contributed by atoms with Gasteiger partial charge in [0.15, 0.2) is 0 Å². The Balaban J connectivity index is 1.70.